The molecular formula is C13H11ClFNO. The monoisotopic (exact) mass is 251 g/mol. The molecule has 2 rings (SSSR count). The second kappa shape index (κ2) is 4.72. The van der Waals surface area contributed by atoms with Crippen molar-refractivity contribution in [1.82, 2.24) is 4.57 Å². The number of halogens is 2. The fourth-order valence-corrected chi connectivity index (χ4v) is 1.86. The fourth-order valence-electron chi connectivity index (χ4n) is 1.71. The first-order valence-electron chi connectivity index (χ1n) is 5.18. The molecule has 0 radical (unpaired) electrons. The highest BCUT2D eigenvalue weighted by molar-refractivity contribution is 6.30. The van der Waals surface area contributed by atoms with Crippen LogP contribution in [0.15, 0.2) is 36.5 Å². The molecule has 0 fully saturated rings. The average Bonchev–Trinajstić information content (AvgIpc) is 2.70. The SMILES string of the molecule is CC(=O)c1cccn1Cc1ccc(Cl)cc1F. The Balaban J connectivity index is 2.31. The molecule has 0 aliphatic heterocycles. The van der Waals surface area contributed by atoms with E-state index in [0.717, 1.165) is 0 Å². The lowest BCUT2D eigenvalue weighted by Gasteiger charge is -2.08. The van der Waals surface area contributed by atoms with Gasteiger partial charge in [0.15, 0.2) is 5.78 Å². The van der Waals surface area contributed by atoms with Gasteiger partial charge in [-0.1, -0.05) is 17.7 Å². The lowest BCUT2D eigenvalue weighted by Crippen LogP contribution is -2.07. The Morgan fingerprint density at radius 2 is 2.18 bits per heavy atom. The summed E-state index contributed by atoms with van der Waals surface area (Å²) in [5.41, 5.74) is 1.08. The molecule has 4 heteroatoms. The number of rotatable bonds is 3. The van der Waals surface area contributed by atoms with Gasteiger partial charge >= 0.3 is 0 Å². The third-order valence-electron chi connectivity index (χ3n) is 2.55. The van der Waals surface area contributed by atoms with E-state index in [0.29, 0.717) is 22.8 Å². The maximum Gasteiger partial charge on any atom is 0.176 e. The molecule has 0 spiro atoms. The van der Waals surface area contributed by atoms with Crippen molar-refractivity contribution in [3.8, 4) is 0 Å². The van der Waals surface area contributed by atoms with E-state index in [1.165, 1.54) is 13.0 Å². The van der Waals surface area contributed by atoms with Crippen LogP contribution in [0.2, 0.25) is 5.02 Å². The predicted molar refractivity (Wildman–Crippen MR) is 64.9 cm³/mol. The molecule has 1 heterocycles. The summed E-state index contributed by atoms with van der Waals surface area (Å²) in [5.74, 6) is -0.398. The molecule has 0 saturated heterocycles. The topological polar surface area (TPSA) is 22.0 Å². The van der Waals surface area contributed by atoms with Gasteiger partial charge in [-0.3, -0.25) is 4.79 Å². The molecule has 2 nitrogen and oxygen atoms in total. The third kappa shape index (κ3) is 2.56. The predicted octanol–water partition coefficient (Wildman–Crippen LogP) is 3.53. The summed E-state index contributed by atoms with van der Waals surface area (Å²) in [5, 5.41) is 0.366. The Morgan fingerprint density at radius 1 is 1.41 bits per heavy atom. The van der Waals surface area contributed by atoms with E-state index in [1.54, 1.807) is 35.0 Å². The van der Waals surface area contributed by atoms with Crippen LogP contribution in [0.3, 0.4) is 0 Å². The van der Waals surface area contributed by atoms with Crippen molar-refractivity contribution in [2.75, 3.05) is 0 Å². The third-order valence-corrected chi connectivity index (χ3v) is 2.78. The van der Waals surface area contributed by atoms with Crippen molar-refractivity contribution in [3.63, 3.8) is 0 Å². The van der Waals surface area contributed by atoms with Gasteiger partial charge in [0.1, 0.15) is 5.82 Å². The molecule has 88 valence electrons. The molecule has 2 aromatic rings. The van der Waals surface area contributed by atoms with Crippen molar-refractivity contribution in [2.45, 2.75) is 13.5 Å². The van der Waals surface area contributed by atoms with Crippen molar-refractivity contribution in [1.29, 1.82) is 0 Å². The molecule has 0 bridgehead atoms. The van der Waals surface area contributed by atoms with E-state index in [2.05, 4.69) is 0 Å². The molecule has 0 amide bonds. The Bertz CT molecular complexity index is 562. The lowest BCUT2D eigenvalue weighted by atomic mass is 10.2. The number of ketones is 1. The van der Waals surface area contributed by atoms with E-state index in [9.17, 15) is 9.18 Å². The van der Waals surface area contributed by atoms with Crippen LogP contribution in [0.4, 0.5) is 4.39 Å². The lowest BCUT2D eigenvalue weighted by molar-refractivity contribution is 0.100. The first-order valence-corrected chi connectivity index (χ1v) is 5.56. The largest absolute Gasteiger partial charge is 0.341 e. The summed E-state index contributed by atoms with van der Waals surface area (Å²) in [6.07, 6.45) is 1.75. The number of benzene rings is 1. The fraction of sp³-hybridized carbons (Fsp3) is 0.154. The van der Waals surface area contributed by atoms with Gasteiger partial charge in [-0.2, -0.15) is 0 Å². The van der Waals surface area contributed by atoms with Crippen molar-refractivity contribution < 1.29 is 9.18 Å². The van der Waals surface area contributed by atoms with E-state index < -0.39 is 0 Å². The number of hydrogen-bond acceptors (Lipinski definition) is 1. The molecule has 0 unspecified atom stereocenters. The highest BCUT2D eigenvalue weighted by Crippen LogP contribution is 2.16. The van der Waals surface area contributed by atoms with Crippen LogP contribution in [0.25, 0.3) is 0 Å². The van der Waals surface area contributed by atoms with E-state index in [4.69, 9.17) is 11.6 Å². The molecule has 1 aromatic carbocycles. The molecule has 1 aromatic heterocycles. The van der Waals surface area contributed by atoms with E-state index >= 15 is 0 Å². The van der Waals surface area contributed by atoms with Gasteiger partial charge in [0.05, 0.1) is 12.2 Å². The number of carbonyl (C=O) groups is 1. The van der Waals surface area contributed by atoms with Crippen LogP contribution in [0.5, 0.6) is 0 Å². The number of carbonyl (C=O) groups excluding carboxylic acids is 1. The Hall–Kier alpha value is -1.61. The molecule has 0 aliphatic carbocycles. The van der Waals surface area contributed by atoms with Crippen molar-refractivity contribution in [3.05, 3.63) is 58.6 Å². The van der Waals surface area contributed by atoms with Gasteiger partial charge in [0.25, 0.3) is 0 Å². The van der Waals surface area contributed by atoms with Gasteiger partial charge in [-0.15, -0.1) is 0 Å². The average molecular weight is 252 g/mol. The summed E-state index contributed by atoms with van der Waals surface area (Å²) in [7, 11) is 0. The van der Waals surface area contributed by atoms with Crippen LogP contribution in [0.1, 0.15) is 23.0 Å². The summed E-state index contributed by atoms with van der Waals surface area (Å²) >= 11 is 5.68. The zero-order chi connectivity index (χ0) is 12.4. The quantitative estimate of drug-likeness (QED) is 0.765. The second-order valence-electron chi connectivity index (χ2n) is 3.81. The summed E-state index contributed by atoms with van der Waals surface area (Å²) < 4.78 is 15.3. The van der Waals surface area contributed by atoms with Gasteiger partial charge in [0, 0.05) is 23.7 Å². The molecule has 0 N–H and O–H groups in total. The number of Topliss-reactive ketones (excluding diaryl/α,β-unsaturated/α-hetero) is 1. The van der Waals surface area contributed by atoms with Crippen LogP contribution >= 0.6 is 11.6 Å². The van der Waals surface area contributed by atoms with Gasteiger partial charge in [0.2, 0.25) is 0 Å². The maximum atomic E-state index is 13.6. The Kier molecular flexibility index (Phi) is 3.29. The minimum atomic E-state index is -0.360. The zero-order valence-corrected chi connectivity index (χ0v) is 10.0. The smallest absolute Gasteiger partial charge is 0.176 e. The van der Waals surface area contributed by atoms with Crippen molar-refractivity contribution >= 4 is 17.4 Å². The summed E-state index contributed by atoms with van der Waals surface area (Å²) in [6.45, 7) is 1.81. The van der Waals surface area contributed by atoms with Crippen LogP contribution in [0, 0.1) is 5.82 Å². The number of nitrogens with zero attached hydrogens (tertiary/aromatic N) is 1. The molecular weight excluding hydrogens is 241 g/mol. The number of hydrogen-bond donors (Lipinski definition) is 0. The van der Waals surface area contributed by atoms with Crippen LogP contribution in [-0.4, -0.2) is 10.4 Å². The Morgan fingerprint density at radius 3 is 2.82 bits per heavy atom. The highest BCUT2D eigenvalue weighted by atomic mass is 35.5. The minimum Gasteiger partial charge on any atom is -0.341 e. The van der Waals surface area contributed by atoms with Gasteiger partial charge in [-0.25, -0.2) is 4.39 Å². The normalized spacial score (nSPS) is 10.5. The highest BCUT2D eigenvalue weighted by Gasteiger charge is 2.08. The van der Waals surface area contributed by atoms with E-state index in [-0.39, 0.29) is 11.6 Å². The van der Waals surface area contributed by atoms with Crippen molar-refractivity contribution in [2.24, 2.45) is 0 Å². The van der Waals surface area contributed by atoms with Gasteiger partial charge < -0.3 is 4.57 Å². The molecule has 0 atom stereocenters. The molecule has 0 saturated carbocycles. The van der Waals surface area contributed by atoms with E-state index in [1.807, 2.05) is 0 Å². The van der Waals surface area contributed by atoms with Crippen LogP contribution in [-0.2, 0) is 6.54 Å². The standard InChI is InChI=1S/C13H11ClFNO/c1-9(17)13-3-2-6-16(13)8-10-4-5-11(14)7-12(10)15/h2-7H,8H2,1H3. The van der Waals surface area contributed by atoms with Crippen LogP contribution < -0.4 is 0 Å². The first-order chi connectivity index (χ1) is 8.08. The summed E-state index contributed by atoms with van der Waals surface area (Å²) in [4.78, 5) is 11.3. The zero-order valence-electron chi connectivity index (χ0n) is 9.28. The molecule has 0 aliphatic rings. The molecule has 17 heavy (non-hydrogen) atoms. The minimum absolute atomic E-state index is 0.0376. The first kappa shape index (κ1) is 11.9. The maximum absolute atomic E-state index is 13.6. The van der Waals surface area contributed by atoms with Gasteiger partial charge in [-0.05, 0) is 24.3 Å². The Labute approximate surface area is 104 Å². The number of aromatic nitrogens is 1. The summed E-state index contributed by atoms with van der Waals surface area (Å²) in [6, 6.07) is 8.02. The second-order valence-corrected chi connectivity index (χ2v) is 4.25.